The number of fused-ring (bicyclic) bond motifs is 1. The van der Waals surface area contributed by atoms with Gasteiger partial charge in [-0.2, -0.15) is 0 Å². The van der Waals surface area contributed by atoms with Crippen LogP contribution in [0.3, 0.4) is 0 Å². The molecule has 0 bridgehead atoms. The largest absolute Gasteiger partial charge is 0.490 e. The van der Waals surface area contributed by atoms with E-state index in [1.54, 1.807) is 11.0 Å². The third-order valence-electron chi connectivity index (χ3n) is 4.93. The predicted octanol–water partition coefficient (Wildman–Crippen LogP) is 2.55. The van der Waals surface area contributed by atoms with Crippen LogP contribution >= 0.6 is 0 Å². The highest BCUT2D eigenvalue weighted by Gasteiger charge is 2.25. The molecular formula is C20H21N3O3. The highest BCUT2D eigenvalue weighted by molar-refractivity contribution is 5.94. The first-order valence-corrected chi connectivity index (χ1v) is 8.80. The van der Waals surface area contributed by atoms with E-state index in [2.05, 4.69) is 21.7 Å². The number of hydrogen-bond donors (Lipinski definition) is 1. The summed E-state index contributed by atoms with van der Waals surface area (Å²) in [6.07, 6.45) is 5.17. The third kappa shape index (κ3) is 3.10. The van der Waals surface area contributed by atoms with E-state index in [0.29, 0.717) is 18.7 Å². The fraction of sp³-hybridized carbons (Fsp3) is 0.300. The first-order chi connectivity index (χ1) is 12.6. The SMILES string of the molecule is Cn1ccc2c(OC3CCN(C(=O)c4cc[nH]c(=O)c4)CC3)cccc21. The summed E-state index contributed by atoms with van der Waals surface area (Å²) in [5, 5.41) is 1.11. The fourth-order valence-corrected chi connectivity index (χ4v) is 3.49. The van der Waals surface area contributed by atoms with Crippen molar-refractivity contribution in [1.82, 2.24) is 14.5 Å². The van der Waals surface area contributed by atoms with Crippen LogP contribution in [-0.4, -0.2) is 39.6 Å². The van der Waals surface area contributed by atoms with E-state index < -0.39 is 0 Å². The van der Waals surface area contributed by atoms with Crippen molar-refractivity contribution in [2.75, 3.05) is 13.1 Å². The molecule has 4 rings (SSSR count). The molecule has 1 aliphatic rings. The number of nitrogens with zero attached hydrogens (tertiary/aromatic N) is 2. The molecule has 0 radical (unpaired) electrons. The van der Waals surface area contributed by atoms with Crippen molar-refractivity contribution in [3.63, 3.8) is 0 Å². The summed E-state index contributed by atoms with van der Waals surface area (Å²) >= 11 is 0. The maximum atomic E-state index is 12.5. The number of ether oxygens (including phenoxy) is 1. The summed E-state index contributed by atoms with van der Waals surface area (Å²) in [4.78, 5) is 28.2. The summed E-state index contributed by atoms with van der Waals surface area (Å²) < 4.78 is 8.30. The van der Waals surface area contributed by atoms with Crippen molar-refractivity contribution in [1.29, 1.82) is 0 Å². The molecule has 2 aromatic heterocycles. The topological polar surface area (TPSA) is 67.3 Å². The van der Waals surface area contributed by atoms with Gasteiger partial charge in [-0.15, -0.1) is 0 Å². The Hall–Kier alpha value is -3.02. The van der Waals surface area contributed by atoms with Gasteiger partial charge in [0.05, 0.1) is 5.52 Å². The van der Waals surface area contributed by atoms with Gasteiger partial charge in [0.25, 0.3) is 5.91 Å². The van der Waals surface area contributed by atoms with Crippen LogP contribution in [0.25, 0.3) is 10.9 Å². The Balaban J connectivity index is 1.42. The lowest BCUT2D eigenvalue weighted by atomic mass is 10.1. The van der Waals surface area contributed by atoms with Crippen molar-refractivity contribution < 1.29 is 9.53 Å². The molecule has 3 aromatic rings. The van der Waals surface area contributed by atoms with Gasteiger partial charge >= 0.3 is 0 Å². The van der Waals surface area contributed by atoms with Gasteiger partial charge in [-0.1, -0.05) is 6.07 Å². The van der Waals surface area contributed by atoms with Gasteiger partial charge < -0.3 is 19.2 Å². The first-order valence-electron chi connectivity index (χ1n) is 8.80. The molecule has 1 aromatic carbocycles. The van der Waals surface area contributed by atoms with E-state index in [0.717, 1.165) is 29.5 Å². The minimum absolute atomic E-state index is 0.0871. The lowest BCUT2D eigenvalue weighted by Gasteiger charge is -2.32. The highest BCUT2D eigenvalue weighted by atomic mass is 16.5. The van der Waals surface area contributed by atoms with Crippen LogP contribution < -0.4 is 10.3 Å². The van der Waals surface area contributed by atoms with Gasteiger partial charge in [0.2, 0.25) is 5.56 Å². The van der Waals surface area contributed by atoms with E-state index in [-0.39, 0.29) is 17.6 Å². The van der Waals surface area contributed by atoms with Crippen LogP contribution in [0.5, 0.6) is 5.75 Å². The molecule has 1 fully saturated rings. The number of amides is 1. The summed E-state index contributed by atoms with van der Waals surface area (Å²) in [5.41, 5.74) is 1.32. The van der Waals surface area contributed by atoms with Crippen molar-refractivity contribution >= 4 is 16.8 Å². The monoisotopic (exact) mass is 351 g/mol. The Morgan fingerprint density at radius 1 is 1.19 bits per heavy atom. The number of benzene rings is 1. The molecule has 0 atom stereocenters. The Kier molecular flexibility index (Phi) is 4.24. The number of hydrogen-bond acceptors (Lipinski definition) is 3. The molecule has 0 aliphatic carbocycles. The number of rotatable bonds is 3. The Morgan fingerprint density at radius 2 is 2.00 bits per heavy atom. The molecule has 1 saturated heterocycles. The van der Waals surface area contributed by atoms with Crippen molar-refractivity contribution in [2.24, 2.45) is 7.05 Å². The number of aromatic amines is 1. The normalized spacial score (nSPS) is 15.3. The molecule has 0 unspecified atom stereocenters. The average Bonchev–Trinajstić information content (AvgIpc) is 3.04. The molecule has 1 amide bonds. The van der Waals surface area contributed by atoms with Gasteiger partial charge in [0.15, 0.2) is 0 Å². The molecule has 1 aliphatic heterocycles. The molecule has 134 valence electrons. The molecule has 6 heteroatoms. The summed E-state index contributed by atoms with van der Waals surface area (Å²) in [7, 11) is 2.02. The second-order valence-corrected chi connectivity index (χ2v) is 6.67. The van der Waals surface area contributed by atoms with Crippen LogP contribution in [0.2, 0.25) is 0 Å². The Labute approximate surface area is 151 Å². The number of aromatic nitrogens is 2. The number of H-pyrrole nitrogens is 1. The number of nitrogens with one attached hydrogen (secondary N) is 1. The zero-order valence-electron chi connectivity index (χ0n) is 14.6. The summed E-state index contributed by atoms with van der Waals surface area (Å²) in [6, 6.07) is 11.1. The predicted molar refractivity (Wildman–Crippen MR) is 99.5 cm³/mol. The van der Waals surface area contributed by atoms with Gasteiger partial charge in [-0.25, -0.2) is 0 Å². The Morgan fingerprint density at radius 3 is 2.77 bits per heavy atom. The smallest absolute Gasteiger partial charge is 0.254 e. The quantitative estimate of drug-likeness (QED) is 0.788. The van der Waals surface area contributed by atoms with E-state index in [4.69, 9.17) is 4.74 Å². The summed E-state index contributed by atoms with van der Waals surface area (Å²) in [5.74, 6) is 0.794. The van der Waals surface area contributed by atoms with Crippen LogP contribution in [0.1, 0.15) is 23.2 Å². The van der Waals surface area contributed by atoms with E-state index in [1.165, 1.54) is 12.3 Å². The zero-order valence-corrected chi connectivity index (χ0v) is 14.6. The van der Waals surface area contributed by atoms with Gasteiger partial charge in [0.1, 0.15) is 11.9 Å². The standard InChI is InChI=1S/C20H21N3O3/c1-22-10-8-16-17(22)3-2-4-18(16)26-15-6-11-23(12-7-15)20(25)14-5-9-21-19(24)13-14/h2-5,8-10,13,15H,6-7,11-12H2,1H3,(H,21,24). The molecular weight excluding hydrogens is 330 g/mol. The van der Waals surface area contributed by atoms with Gasteiger partial charge in [-0.3, -0.25) is 9.59 Å². The maximum absolute atomic E-state index is 12.5. The van der Waals surface area contributed by atoms with E-state index in [1.807, 2.05) is 25.4 Å². The Bertz CT molecular complexity index is 997. The highest BCUT2D eigenvalue weighted by Crippen LogP contribution is 2.28. The van der Waals surface area contributed by atoms with E-state index in [9.17, 15) is 9.59 Å². The minimum Gasteiger partial charge on any atom is -0.490 e. The number of pyridine rings is 1. The third-order valence-corrected chi connectivity index (χ3v) is 4.93. The van der Waals surface area contributed by atoms with E-state index >= 15 is 0 Å². The van der Waals surface area contributed by atoms with Crippen LogP contribution in [-0.2, 0) is 7.05 Å². The van der Waals surface area contributed by atoms with Crippen molar-refractivity contribution in [3.8, 4) is 5.75 Å². The maximum Gasteiger partial charge on any atom is 0.254 e. The first kappa shape index (κ1) is 16.4. The van der Waals surface area contributed by atoms with Crippen LogP contribution in [0.15, 0.2) is 53.6 Å². The molecule has 26 heavy (non-hydrogen) atoms. The number of likely N-dealkylation sites (tertiary alicyclic amines) is 1. The van der Waals surface area contributed by atoms with Crippen LogP contribution in [0, 0.1) is 0 Å². The number of piperidine rings is 1. The molecule has 6 nitrogen and oxygen atoms in total. The minimum atomic E-state index is -0.259. The van der Waals surface area contributed by atoms with Crippen molar-refractivity contribution in [2.45, 2.75) is 18.9 Å². The van der Waals surface area contributed by atoms with Crippen LogP contribution in [0.4, 0.5) is 0 Å². The summed E-state index contributed by atoms with van der Waals surface area (Å²) in [6.45, 7) is 1.25. The molecule has 0 spiro atoms. The molecule has 1 N–H and O–H groups in total. The van der Waals surface area contributed by atoms with Gasteiger partial charge in [0, 0.05) is 62.4 Å². The average molecular weight is 351 g/mol. The lowest BCUT2D eigenvalue weighted by molar-refractivity contribution is 0.0598. The molecule has 0 saturated carbocycles. The zero-order chi connectivity index (χ0) is 18.1. The van der Waals surface area contributed by atoms with Crippen molar-refractivity contribution in [3.05, 3.63) is 64.7 Å². The molecule has 3 heterocycles. The number of carbonyl (C=O) groups excluding carboxylic acids is 1. The fourth-order valence-electron chi connectivity index (χ4n) is 3.49. The number of carbonyl (C=O) groups is 1. The second kappa shape index (κ2) is 6.71. The number of aryl methyl sites for hydroxylation is 1. The van der Waals surface area contributed by atoms with Gasteiger partial charge in [-0.05, 0) is 24.3 Å². The lowest BCUT2D eigenvalue weighted by Crippen LogP contribution is -2.42. The second-order valence-electron chi connectivity index (χ2n) is 6.67.